The maximum absolute atomic E-state index is 5.71. The number of benzene rings is 1. The summed E-state index contributed by atoms with van der Waals surface area (Å²) in [5.74, 6) is 1.02. The van der Waals surface area contributed by atoms with Crippen molar-refractivity contribution in [2.75, 3.05) is 11.1 Å². The van der Waals surface area contributed by atoms with Crippen LogP contribution in [0.2, 0.25) is 0 Å². The molecule has 0 saturated carbocycles. The van der Waals surface area contributed by atoms with Crippen LogP contribution in [-0.4, -0.2) is 19.7 Å². The van der Waals surface area contributed by atoms with Crippen LogP contribution in [0, 0.1) is 5.41 Å². The van der Waals surface area contributed by atoms with Crippen LogP contribution >= 0.6 is 0 Å². The molecule has 6 nitrogen and oxygen atoms in total. The minimum atomic E-state index is 0.144. The van der Waals surface area contributed by atoms with Gasteiger partial charge in [0.2, 0.25) is 5.95 Å². The summed E-state index contributed by atoms with van der Waals surface area (Å²) >= 11 is 0. The van der Waals surface area contributed by atoms with Crippen LogP contribution in [0.25, 0.3) is 5.69 Å². The standard InChI is InChI=1S/C19H22N6/c1-19(2)10-15(23-17-8-9-21-18(20)24-17)14-12-22-25(16(14)11-19)13-6-4-3-5-7-13/h3-9,12,15H,10-11H2,1-2H3,(H3,20,21,23,24). The molecule has 0 saturated heterocycles. The zero-order valence-electron chi connectivity index (χ0n) is 14.5. The van der Waals surface area contributed by atoms with Crippen molar-refractivity contribution in [1.29, 1.82) is 0 Å². The van der Waals surface area contributed by atoms with Gasteiger partial charge in [-0.25, -0.2) is 9.67 Å². The summed E-state index contributed by atoms with van der Waals surface area (Å²) < 4.78 is 2.05. The molecule has 1 aliphatic carbocycles. The molecule has 3 N–H and O–H groups in total. The van der Waals surface area contributed by atoms with Crippen LogP contribution < -0.4 is 11.1 Å². The Bertz CT molecular complexity index is 884. The molecule has 25 heavy (non-hydrogen) atoms. The zero-order chi connectivity index (χ0) is 17.4. The molecule has 2 aromatic heterocycles. The van der Waals surface area contributed by atoms with Crippen LogP contribution in [-0.2, 0) is 6.42 Å². The highest BCUT2D eigenvalue weighted by molar-refractivity contribution is 5.44. The third kappa shape index (κ3) is 3.07. The highest BCUT2D eigenvalue weighted by Gasteiger charge is 2.35. The number of para-hydroxylation sites is 1. The SMILES string of the molecule is CC1(C)Cc2c(cnn2-c2ccccc2)C(Nc2ccnc(N)n2)C1. The number of anilines is 2. The van der Waals surface area contributed by atoms with E-state index in [1.807, 2.05) is 30.5 Å². The van der Waals surface area contributed by atoms with E-state index in [4.69, 9.17) is 5.73 Å². The molecular weight excluding hydrogens is 312 g/mol. The number of nitrogens with two attached hydrogens (primary N) is 1. The first-order valence-electron chi connectivity index (χ1n) is 8.49. The fourth-order valence-corrected chi connectivity index (χ4v) is 3.60. The molecule has 0 radical (unpaired) electrons. The number of fused-ring (bicyclic) bond motifs is 1. The zero-order valence-corrected chi connectivity index (χ0v) is 14.5. The molecule has 2 heterocycles. The minimum absolute atomic E-state index is 0.144. The third-order valence-electron chi connectivity index (χ3n) is 4.68. The highest BCUT2D eigenvalue weighted by atomic mass is 15.3. The Morgan fingerprint density at radius 1 is 1.20 bits per heavy atom. The van der Waals surface area contributed by atoms with E-state index in [-0.39, 0.29) is 17.4 Å². The van der Waals surface area contributed by atoms with Crippen molar-refractivity contribution < 1.29 is 0 Å². The number of rotatable bonds is 3. The molecule has 1 aliphatic rings. The maximum atomic E-state index is 5.71. The Hall–Kier alpha value is -2.89. The van der Waals surface area contributed by atoms with Gasteiger partial charge in [0.25, 0.3) is 0 Å². The van der Waals surface area contributed by atoms with Gasteiger partial charge in [0, 0.05) is 11.8 Å². The molecule has 0 amide bonds. The van der Waals surface area contributed by atoms with Crippen LogP contribution in [0.3, 0.4) is 0 Å². The molecule has 3 aromatic rings. The number of nitrogens with one attached hydrogen (secondary N) is 1. The first-order chi connectivity index (χ1) is 12.0. The van der Waals surface area contributed by atoms with E-state index < -0.39 is 0 Å². The first kappa shape index (κ1) is 15.6. The summed E-state index contributed by atoms with van der Waals surface area (Å²) in [6.07, 6.45) is 5.64. The van der Waals surface area contributed by atoms with Gasteiger partial charge in [-0.15, -0.1) is 0 Å². The van der Waals surface area contributed by atoms with Crippen LogP contribution in [0.4, 0.5) is 11.8 Å². The second-order valence-electron chi connectivity index (χ2n) is 7.34. The lowest BCUT2D eigenvalue weighted by atomic mass is 9.74. The lowest BCUT2D eigenvalue weighted by molar-refractivity contribution is 0.286. The Morgan fingerprint density at radius 2 is 2.00 bits per heavy atom. The molecule has 128 valence electrons. The van der Waals surface area contributed by atoms with Crippen LogP contribution in [0.1, 0.15) is 37.6 Å². The van der Waals surface area contributed by atoms with Gasteiger partial charge in [-0.2, -0.15) is 10.1 Å². The number of aromatic nitrogens is 4. The molecule has 0 aliphatic heterocycles. The number of hydrogen-bond donors (Lipinski definition) is 2. The quantitative estimate of drug-likeness (QED) is 0.767. The van der Waals surface area contributed by atoms with Gasteiger partial charge in [0.05, 0.1) is 23.6 Å². The van der Waals surface area contributed by atoms with Gasteiger partial charge in [-0.1, -0.05) is 32.0 Å². The summed E-state index contributed by atoms with van der Waals surface area (Å²) in [5, 5.41) is 8.18. The lowest BCUT2D eigenvalue weighted by Crippen LogP contribution is -2.30. The fraction of sp³-hybridized carbons (Fsp3) is 0.316. The Balaban J connectivity index is 1.73. The topological polar surface area (TPSA) is 81.7 Å². The number of nitrogens with zero attached hydrogens (tertiary/aromatic N) is 4. The van der Waals surface area contributed by atoms with Gasteiger partial charge in [-0.3, -0.25) is 0 Å². The normalized spacial score (nSPS) is 18.6. The minimum Gasteiger partial charge on any atom is -0.368 e. The molecule has 0 spiro atoms. The average Bonchev–Trinajstić information content (AvgIpc) is 2.98. The van der Waals surface area contributed by atoms with Crippen molar-refractivity contribution in [1.82, 2.24) is 19.7 Å². The van der Waals surface area contributed by atoms with Crippen molar-refractivity contribution in [2.24, 2.45) is 5.41 Å². The van der Waals surface area contributed by atoms with Gasteiger partial charge < -0.3 is 11.1 Å². The van der Waals surface area contributed by atoms with Crippen molar-refractivity contribution in [3.05, 3.63) is 60.0 Å². The Morgan fingerprint density at radius 3 is 2.76 bits per heavy atom. The van der Waals surface area contributed by atoms with E-state index in [1.165, 1.54) is 11.3 Å². The van der Waals surface area contributed by atoms with E-state index in [9.17, 15) is 0 Å². The molecule has 0 bridgehead atoms. The Kier molecular flexibility index (Phi) is 3.67. The molecule has 1 unspecified atom stereocenters. The van der Waals surface area contributed by atoms with Gasteiger partial charge in [0.1, 0.15) is 5.82 Å². The number of nitrogen functional groups attached to an aromatic ring is 1. The molecule has 1 atom stereocenters. The lowest BCUT2D eigenvalue weighted by Gasteiger charge is -2.36. The molecule has 1 aromatic carbocycles. The number of hydrogen-bond acceptors (Lipinski definition) is 5. The second-order valence-corrected chi connectivity index (χ2v) is 7.34. The van der Waals surface area contributed by atoms with Crippen molar-refractivity contribution in [3.63, 3.8) is 0 Å². The third-order valence-corrected chi connectivity index (χ3v) is 4.68. The van der Waals surface area contributed by atoms with E-state index in [0.717, 1.165) is 24.3 Å². The summed E-state index contributed by atoms with van der Waals surface area (Å²) in [5.41, 5.74) is 9.44. The molecule has 6 heteroatoms. The smallest absolute Gasteiger partial charge is 0.221 e. The predicted octanol–water partition coefficient (Wildman–Crippen LogP) is 3.37. The van der Waals surface area contributed by atoms with Crippen LogP contribution in [0.5, 0.6) is 0 Å². The van der Waals surface area contributed by atoms with Gasteiger partial charge in [-0.05, 0) is 36.5 Å². The van der Waals surface area contributed by atoms with Crippen molar-refractivity contribution in [3.8, 4) is 5.69 Å². The Labute approximate surface area is 147 Å². The highest BCUT2D eigenvalue weighted by Crippen LogP contribution is 2.42. The molecule has 0 fully saturated rings. The summed E-state index contributed by atoms with van der Waals surface area (Å²) in [7, 11) is 0. The second kappa shape index (κ2) is 5.88. The first-order valence-corrected chi connectivity index (χ1v) is 8.49. The monoisotopic (exact) mass is 334 g/mol. The van der Waals surface area contributed by atoms with Crippen molar-refractivity contribution >= 4 is 11.8 Å². The predicted molar refractivity (Wildman–Crippen MR) is 98.5 cm³/mol. The summed E-state index contributed by atoms with van der Waals surface area (Å²) in [6.45, 7) is 4.59. The van der Waals surface area contributed by atoms with Crippen molar-refractivity contribution in [2.45, 2.75) is 32.7 Å². The molecular formula is C19H22N6. The molecule has 4 rings (SSSR count). The van der Waals surface area contributed by atoms with E-state index in [2.05, 4.69) is 51.0 Å². The van der Waals surface area contributed by atoms with E-state index >= 15 is 0 Å². The average molecular weight is 334 g/mol. The van der Waals surface area contributed by atoms with Crippen LogP contribution in [0.15, 0.2) is 48.8 Å². The van der Waals surface area contributed by atoms with Gasteiger partial charge >= 0.3 is 0 Å². The summed E-state index contributed by atoms with van der Waals surface area (Å²) in [6, 6.07) is 12.3. The van der Waals surface area contributed by atoms with E-state index in [1.54, 1.807) is 6.20 Å². The largest absolute Gasteiger partial charge is 0.368 e. The van der Waals surface area contributed by atoms with Gasteiger partial charge in [0.15, 0.2) is 0 Å². The maximum Gasteiger partial charge on any atom is 0.221 e. The fourth-order valence-electron chi connectivity index (χ4n) is 3.60. The summed E-state index contributed by atoms with van der Waals surface area (Å²) in [4.78, 5) is 8.24. The van der Waals surface area contributed by atoms with E-state index in [0.29, 0.717) is 0 Å².